The van der Waals surface area contributed by atoms with E-state index < -0.39 is 0 Å². The van der Waals surface area contributed by atoms with Crippen LogP contribution in [0.2, 0.25) is 0 Å². The van der Waals surface area contributed by atoms with Crippen molar-refractivity contribution in [3.8, 4) is 11.3 Å². The van der Waals surface area contributed by atoms with Crippen LogP contribution < -0.4 is 10.6 Å². The Labute approximate surface area is 157 Å². The van der Waals surface area contributed by atoms with Crippen molar-refractivity contribution in [2.75, 3.05) is 20.1 Å². The Morgan fingerprint density at radius 3 is 2.80 bits per heavy atom. The fourth-order valence-corrected chi connectivity index (χ4v) is 3.57. The van der Waals surface area contributed by atoms with Crippen LogP contribution in [0.1, 0.15) is 43.9 Å². The molecule has 0 radical (unpaired) electrons. The Morgan fingerprint density at radius 1 is 1.32 bits per heavy atom. The molecule has 0 aliphatic rings. The summed E-state index contributed by atoms with van der Waals surface area (Å²) < 4.78 is 6.60. The van der Waals surface area contributed by atoms with E-state index in [2.05, 4.69) is 44.7 Å². The lowest BCUT2D eigenvalue weighted by molar-refractivity contribution is -0.118. The van der Waals surface area contributed by atoms with Crippen LogP contribution in [0, 0.1) is 0 Å². The van der Waals surface area contributed by atoms with E-state index >= 15 is 0 Å². The molecular formula is C19H26BrN3O2. The highest BCUT2D eigenvalue weighted by molar-refractivity contribution is 9.10. The van der Waals surface area contributed by atoms with Crippen LogP contribution in [0.15, 0.2) is 33.3 Å². The summed E-state index contributed by atoms with van der Waals surface area (Å²) in [5.41, 5.74) is 3.10. The first-order chi connectivity index (χ1) is 12.0. The molecule has 25 heavy (non-hydrogen) atoms. The van der Waals surface area contributed by atoms with Crippen molar-refractivity contribution in [2.24, 2.45) is 0 Å². The summed E-state index contributed by atoms with van der Waals surface area (Å²) in [6, 6.07) is 8.08. The molecule has 1 heterocycles. The van der Waals surface area contributed by atoms with Gasteiger partial charge in [-0.25, -0.2) is 0 Å². The first-order valence-corrected chi connectivity index (χ1v) is 9.46. The summed E-state index contributed by atoms with van der Waals surface area (Å²) in [6.07, 6.45) is 2.89. The number of aromatic nitrogens is 1. The highest BCUT2D eigenvalue weighted by Crippen LogP contribution is 2.37. The lowest BCUT2D eigenvalue weighted by atomic mass is 9.98. The van der Waals surface area contributed by atoms with Gasteiger partial charge in [-0.15, -0.1) is 0 Å². The number of nitrogens with one attached hydrogen (secondary N) is 2. The molecule has 6 heteroatoms. The third-order valence-corrected chi connectivity index (χ3v) is 4.99. The second-order valence-corrected chi connectivity index (χ2v) is 7.04. The molecule has 1 amide bonds. The molecule has 5 nitrogen and oxygen atoms in total. The summed E-state index contributed by atoms with van der Waals surface area (Å²) in [7, 11) is 1.96. The molecule has 0 saturated heterocycles. The maximum Gasteiger partial charge on any atom is 0.216 e. The molecule has 2 N–H and O–H groups in total. The number of halogens is 1. The average molecular weight is 408 g/mol. The zero-order chi connectivity index (χ0) is 18.2. The molecular weight excluding hydrogens is 382 g/mol. The number of carbonyl (C=O) groups excluding carboxylic acids is 1. The molecule has 0 spiro atoms. The van der Waals surface area contributed by atoms with Gasteiger partial charge in [0.15, 0.2) is 5.76 Å². The van der Waals surface area contributed by atoms with Crippen molar-refractivity contribution in [1.82, 2.24) is 15.8 Å². The van der Waals surface area contributed by atoms with Crippen LogP contribution in [0.4, 0.5) is 0 Å². The highest BCUT2D eigenvalue weighted by atomic mass is 79.9. The average Bonchev–Trinajstić information content (AvgIpc) is 2.96. The molecule has 0 fully saturated rings. The van der Waals surface area contributed by atoms with Gasteiger partial charge in [-0.1, -0.05) is 36.3 Å². The second kappa shape index (κ2) is 9.73. The summed E-state index contributed by atoms with van der Waals surface area (Å²) in [4.78, 5) is 11.1. The maximum atomic E-state index is 11.1. The molecule has 0 bridgehead atoms. The lowest BCUT2D eigenvalue weighted by Gasteiger charge is -2.09. The lowest BCUT2D eigenvalue weighted by Crippen LogP contribution is -2.22. The van der Waals surface area contributed by atoms with Crippen molar-refractivity contribution in [2.45, 2.75) is 39.0 Å². The zero-order valence-corrected chi connectivity index (χ0v) is 16.6. The Balaban J connectivity index is 2.18. The minimum absolute atomic E-state index is 0.0176. The number of hydrogen-bond donors (Lipinski definition) is 2. The molecule has 1 atom stereocenters. The predicted molar refractivity (Wildman–Crippen MR) is 104 cm³/mol. The van der Waals surface area contributed by atoms with Crippen LogP contribution in [-0.4, -0.2) is 31.2 Å². The van der Waals surface area contributed by atoms with Gasteiger partial charge in [0, 0.05) is 24.9 Å². The van der Waals surface area contributed by atoms with Crippen LogP contribution in [0.5, 0.6) is 0 Å². The topological polar surface area (TPSA) is 67.2 Å². The van der Waals surface area contributed by atoms with Gasteiger partial charge in [0.05, 0.1) is 4.47 Å². The molecule has 136 valence electrons. The van der Waals surface area contributed by atoms with Crippen LogP contribution in [0.25, 0.3) is 11.3 Å². The van der Waals surface area contributed by atoms with Crippen molar-refractivity contribution in [3.05, 3.63) is 40.0 Å². The standard InChI is InChI=1S/C19H26BrN3O2/c1-13(7-6-11-21-3)18-17(20)19(25-23-18)16-9-5-4-8-15(16)10-12-22-14(2)24/h4-5,8-9,13,21H,6-7,10-12H2,1-3H3,(H,22,24)/t13-/m0/s1. The number of benzene rings is 1. The SMILES string of the molecule is CNCCC[C@H](C)c1noc(-c2ccccc2CCNC(C)=O)c1Br. The van der Waals surface area contributed by atoms with Crippen LogP contribution >= 0.6 is 15.9 Å². The van der Waals surface area contributed by atoms with Crippen LogP contribution in [-0.2, 0) is 11.2 Å². The van der Waals surface area contributed by atoms with Gasteiger partial charge in [-0.2, -0.15) is 0 Å². The van der Waals surface area contributed by atoms with Gasteiger partial charge < -0.3 is 15.2 Å². The number of hydrogen-bond acceptors (Lipinski definition) is 4. The van der Waals surface area contributed by atoms with E-state index in [9.17, 15) is 4.79 Å². The predicted octanol–water partition coefficient (Wildman–Crippen LogP) is 3.89. The Kier molecular flexibility index (Phi) is 7.65. The molecule has 2 rings (SSSR count). The normalized spacial score (nSPS) is 12.2. The Bertz CT molecular complexity index is 700. The van der Waals surface area contributed by atoms with E-state index in [0.717, 1.165) is 52.9 Å². The molecule has 1 aromatic carbocycles. The fraction of sp³-hybridized carbons (Fsp3) is 0.474. The smallest absolute Gasteiger partial charge is 0.216 e. The van der Waals surface area contributed by atoms with E-state index in [1.165, 1.54) is 6.92 Å². The molecule has 2 aromatic rings. The van der Waals surface area contributed by atoms with E-state index in [4.69, 9.17) is 4.52 Å². The van der Waals surface area contributed by atoms with E-state index in [1.807, 2.05) is 25.2 Å². The van der Waals surface area contributed by atoms with Crippen molar-refractivity contribution in [1.29, 1.82) is 0 Å². The number of nitrogens with zero attached hydrogens (tertiary/aromatic N) is 1. The summed E-state index contributed by atoms with van der Waals surface area (Å²) in [6.45, 7) is 5.30. The molecule has 1 aromatic heterocycles. The highest BCUT2D eigenvalue weighted by Gasteiger charge is 2.21. The quantitative estimate of drug-likeness (QED) is 0.618. The molecule has 0 aliphatic carbocycles. The van der Waals surface area contributed by atoms with Gasteiger partial charge in [-0.3, -0.25) is 4.79 Å². The number of carbonyl (C=O) groups is 1. The van der Waals surface area contributed by atoms with Crippen molar-refractivity contribution < 1.29 is 9.32 Å². The Morgan fingerprint density at radius 2 is 2.08 bits per heavy atom. The summed E-state index contributed by atoms with van der Waals surface area (Å²) in [5, 5.41) is 10.3. The van der Waals surface area contributed by atoms with Gasteiger partial charge in [0.25, 0.3) is 0 Å². The maximum absolute atomic E-state index is 11.1. The minimum Gasteiger partial charge on any atom is -0.356 e. The van der Waals surface area contributed by atoms with Crippen LogP contribution in [0.3, 0.4) is 0 Å². The summed E-state index contributed by atoms with van der Waals surface area (Å²) in [5.74, 6) is 1.07. The second-order valence-electron chi connectivity index (χ2n) is 6.25. The van der Waals surface area contributed by atoms with Crippen molar-refractivity contribution >= 4 is 21.8 Å². The minimum atomic E-state index is -0.0176. The molecule has 0 aliphatic heterocycles. The van der Waals surface area contributed by atoms with Gasteiger partial charge >= 0.3 is 0 Å². The molecule has 0 unspecified atom stereocenters. The largest absolute Gasteiger partial charge is 0.356 e. The number of amides is 1. The third-order valence-electron chi connectivity index (χ3n) is 4.22. The van der Waals surface area contributed by atoms with E-state index in [1.54, 1.807) is 0 Å². The van der Waals surface area contributed by atoms with E-state index in [-0.39, 0.29) is 5.91 Å². The first kappa shape index (κ1) is 19.7. The summed E-state index contributed by atoms with van der Waals surface area (Å²) >= 11 is 3.68. The van der Waals surface area contributed by atoms with Gasteiger partial charge in [-0.05, 0) is 54.3 Å². The van der Waals surface area contributed by atoms with E-state index in [0.29, 0.717) is 12.5 Å². The number of rotatable bonds is 9. The van der Waals surface area contributed by atoms with Gasteiger partial charge in [0.2, 0.25) is 5.91 Å². The molecule has 0 saturated carbocycles. The fourth-order valence-electron chi connectivity index (χ4n) is 2.82. The zero-order valence-electron chi connectivity index (χ0n) is 15.1. The first-order valence-electron chi connectivity index (χ1n) is 8.67. The third kappa shape index (κ3) is 5.41. The monoisotopic (exact) mass is 407 g/mol. The Hall–Kier alpha value is -1.66. The van der Waals surface area contributed by atoms with Gasteiger partial charge in [0.1, 0.15) is 5.69 Å². The van der Waals surface area contributed by atoms with Crippen molar-refractivity contribution in [3.63, 3.8) is 0 Å².